The molecule has 3 aromatic rings. The van der Waals surface area contributed by atoms with Crippen molar-refractivity contribution in [1.82, 2.24) is 0 Å². The number of hydrogen-bond donors (Lipinski definition) is 4. The lowest BCUT2D eigenvalue weighted by atomic mass is 9.97. The number of benzene rings is 2. The first-order chi connectivity index (χ1) is 16.7. The quantitative estimate of drug-likeness (QED) is 0.305. The van der Waals surface area contributed by atoms with E-state index < -0.39 is 11.8 Å². The van der Waals surface area contributed by atoms with Crippen molar-refractivity contribution < 1.29 is 14.0 Å². The van der Waals surface area contributed by atoms with E-state index in [4.69, 9.17) is 15.9 Å². The van der Waals surface area contributed by atoms with Crippen LogP contribution in [0, 0.1) is 13.8 Å². The van der Waals surface area contributed by atoms with Gasteiger partial charge in [0.2, 0.25) is 0 Å². The van der Waals surface area contributed by atoms with E-state index in [1.165, 1.54) is 12.1 Å². The Morgan fingerprint density at radius 2 is 1.09 bits per heavy atom. The number of nitrogens with two attached hydrogens (primary N) is 2. The van der Waals surface area contributed by atoms with E-state index in [1.54, 1.807) is 0 Å². The summed E-state index contributed by atoms with van der Waals surface area (Å²) >= 11 is 0. The Morgan fingerprint density at radius 1 is 0.714 bits per heavy atom. The van der Waals surface area contributed by atoms with Crippen LogP contribution < -0.4 is 22.1 Å². The van der Waals surface area contributed by atoms with Gasteiger partial charge in [-0.1, -0.05) is 39.8 Å². The number of nitrogens with one attached hydrogen (secondary N) is 2. The number of furan rings is 1. The Bertz CT molecular complexity index is 1180. The number of amides is 2. The average Bonchev–Trinajstić information content (AvgIpc) is 3.34. The average molecular weight is 477 g/mol. The third kappa shape index (κ3) is 5.04. The first-order valence-corrected chi connectivity index (χ1v) is 12.2. The molecule has 0 unspecified atom stereocenters. The second-order valence-corrected chi connectivity index (χ2v) is 8.73. The molecule has 0 saturated heterocycles. The Morgan fingerprint density at radius 3 is 1.40 bits per heavy atom. The highest BCUT2D eigenvalue weighted by Crippen LogP contribution is 2.33. The summed E-state index contributed by atoms with van der Waals surface area (Å²) in [4.78, 5) is 25.9. The molecule has 0 aliphatic carbocycles. The summed E-state index contributed by atoms with van der Waals surface area (Å²) in [6, 6.07) is 6.98. The van der Waals surface area contributed by atoms with Crippen molar-refractivity contribution in [2.24, 2.45) is 0 Å². The third-order valence-corrected chi connectivity index (χ3v) is 6.52. The first kappa shape index (κ1) is 25.9. The van der Waals surface area contributed by atoms with Gasteiger partial charge in [0.15, 0.2) is 11.5 Å². The van der Waals surface area contributed by atoms with Crippen LogP contribution in [-0.2, 0) is 25.7 Å². The van der Waals surface area contributed by atoms with Gasteiger partial charge in [-0.25, -0.2) is 0 Å². The van der Waals surface area contributed by atoms with Crippen molar-refractivity contribution in [3.8, 4) is 0 Å². The molecule has 2 aromatic carbocycles. The molecule has 1 aromatic heterocycles. The van der Waals surface area contributed by atoms with Gasteiger partial charge in [-0.2, -0.15) is 0 Å². The Balaban J connectivity index is 1.84. The highest BCUT2D eigenvalue weighted by atomic mass is 16.4. The molecule has 186 valence electrons. The second-order valence-electron chi connectivity index (χ2n) is 8.73. The number of rotatable bonds is 8. The van der Waals surface area contributed by atoms with Crippen molar-refractivity contribution in [1.29, 1.82) is 0 Å². The number of nitrogen functional groups attached to an aromatic ring is 2. The van der Waals surface area contributed by atoms with Crippen molar-refractivity contribution in [2.45, 2.75) is 67.2 Å². The summed E-state index contributed by atoms with van der Waals surface area (Å²) in [6.45, 7) is 12.0. The van der Waals surface area contributed by atoms with Crippen molar-refractivity contribution in [3.63, 3.8) is 0 Å². The molecule has 2 amide bonds. The SMILES string of the molecule is CCc1cc(C)c(NC(=O)c2ccc(C(=O)Nc3c(C)cc(CC)c(N)c3CC)o2)c(CC)c1N. The molecule has 3 rings (SSSR count). The van der Waals surface area contributed by atoms with Crippen LogP contribution in [0.5, 0.6) is 0 Å². The van der Waals surface area contributed by atoms with Crippen LogP contribution in [0.25, 0.3) is 0 Å². The van der Waals surface area contributed by atoms with E-state index in [2.05, 4.69) is 24.5 Å². The minimum absolute atomic E-state index is 0.0445. The molecular weight excluding hydrogens is 440 g/mol. The second kappa shape index (κ2) is 10.7. The van der Waals surface area contributed by atoms with Gasteiger partial charge in [-0.05, 0) is 85.0 Å². The van der Waals surface area contributed by atoms with E-state index in [1.807, 2.05) is 39.8 Å². The van der Waals surface area contributed by atoms with Crippen LogP contribution in [0.2, 0.25) is 0 Å². The molecule has 0 radical (unpaired) electrons. The summed E-state index contributed by atoms with van der Waals surface area (Å²) < 4.78 is 5.64. The Labute approximate surface area is 207 Å². The number of aryl methyl sites for hydroxylation is 4. The first-order valence-electron chi connectivity index (χ1n) is 12.2. The standard InChI is InChI=1S/C28H36N4O3/c1-7-17-13-15(5)25(19(9-3)23(17)29)31-27(33)21-11-12-22(35-21)28(34)32-26-16(6)14-18(8-2)24(30)20(26)10-4/h11-14H,7-10,29-30H2,1-6H3,(H,31,33)(H,32,34). The fraction of sp³-hybridized carbons (Fsp3) is 0.357. The summed E-state index contributed by atoms with van der Waals surface area (Å²) in [6.07, 6.45) is 3.00. The van der Waals surface area contributed by atoms with Gasteiger partial charge in [-0.3, -0.25) is 9.59 Å². The van der Waals surface area contributed by atoms with Gasteiger partial charge >= 0.3 is 0 Å². The zero-order chi connectivity index (χ0) is 25.9. The molecule has 0 fully saturated rings. The lowest BCUT2D eigenvalue weighted by Gasteiger charge is -2.18. The molecule has 0 spiro atoms. The fourth-order valence-corrected chi connectivity index (χ4v) is 4.56. The van der Waals surface area contributed by atoms with Crippen LogP contribution >= 0.6 is 0 Å². The Kier molecular flexibility index (Phi) is 7.89. The summed E-state index contributed by atoms with van der Waals surface area (Å²) in [5.74, 6) is -0.786. The minimum Gasteiger partial charge on any atom is -0.446 e. The fourth-order valence-electron chi connectivity index (χ4n) is 4.56. The minimum atomic E-state index is -0.438. The molecule has 7 heteroatoms. The van der Waals surface area contributed by atoms with E-state index in [9.17, 15) is 9.59 Å². The third-order valence-electron chi connectivity index (χ3n) is 6.52. The van der Waals surface area contributed by atoms with Gasteiger partial charge in [0.1, 0.15) is 0 Å². The summed E-state index contributed by atoms with van der Waals surface area (Å²) in [5.41, 5.74) is 21.2. The lowest BCUT2D eigenvalue weighted by molar-refractivity contribution is 0.0974. The molecule has 0 aliphatic rings. The Hall–Kier alpha value is -3.74. The normalized spacial score (nSPS) is 10.9. The maximum Gasteiger partial charge on any atom is 0.291 e. The van der Waals surface area contributed by atoms with Gasteiger partial charge in [0.25, 0.3) is 11.8 Å². The molecule has 35 heavy (non-hydrogen) atoms. The van der Waals surface area contributed by atoms with Crippen LogP contribution in [-0.4, -0.2) is 11.8 Å². The predicted octanol–water partition coefficient (Wildman–Crippen LogP) is 5.82. The van der Waals surface area contributed by atoms with Crippen LogP contribution in [0.15, 0.2) is 28.7 Å². The van der Waals surface area contributed by atoms with E-state index >= 15 is 0 Å². The van der Waals surface area contributed by atoms with Crippen molar-refractivity contribution in [3.05, 3.63) is 69.2 Å². The van der Waals surface area contributed by atoms with Crippen molar-refractivity contribution >= 4 is 34.6 Å². The highest BCUT2D eigenvalue weighted by Gasteiger charge is 2.21. The highest BCUT2D eigenvalue weighted by molar-refractivity contribution is 6.07. The number of carbonyl (C=O) groups is 2. The molecule has 7 nitrogen and oxygen atoms in total. The zero-order valence-corrected chi connectivity index (χ0v) is 21.5. The van der Waals surface area contributed by atoms with Gasteiger partial charge in [0.05, 0.1) is 0 Å². The smallest absolute Gasteiger partial charge is 0.291 e. The number of hydrogen-bond acceptors (Lipinski definition) is 5. The van der Waals surface area contributed by atoms with E-state index in [0.29, 0.717) is 35.6 Å². The van der Waals surface area contributed by atoms with Crippen LogP contribution in [0.4, 0.5) is 22.7 Å². The lowest BCUT2D eigenvalue weighted by Crippen LogP contribution is -2.16. The zero-order valence-electron chi connectivity index (χ0n) is 21.5. The molecule has 6 N–H and O–H groups in total. The summed E-state index contributed by atoms with van der Waals surface area (Å²) in [5, 5.41) is 5.85. The number of anilines is 4. The molecule has 0 bridgehead atoms. The summed E-state index contributed by atoms with van der Waals surface area (Å²) in [7, 11) is 0. The molecular formula is C28H36N4O3. The van der Waals surface area contributed by atoms with Crippen LogP contribution in [0.3, 0.4) is 0 Å². The van der Waals surface area contributed by atoms with E-state index in [-0.39, 0.29) is 11.5 Å². The largest absolute Gasteiger partial charge is 0.446 e. The molecule has 0 atom stereocenters. The maximum atomic E-state index is 13.0. The van der Waals surface area contributed by atoms with Gasteiger partial charge < -0.3 is 26.5 Å². The molecule has 0 saturated carbocycles. The van der Waals surface area contributed by atoms with Crippen molar-refractivity contribution in [2.75, 3.05) is 22.1 Å². The van der Waals surface area contributed by atoms with Gasteiger partial charge in [0, 0.05) is 22.7 Å². The van der Waals surface area contributed by atoms with Crippen LogP contribution in [0.1, 0.15) is 82.2 Å². The number of carbonyl (C=O) groups excluding carboxylic acids is 2. The maximum absolute atomic E-state index is 13.0. The molecule has 1 heterocycles. The predicted molar refractivity (Wildman–Crippen MR) is 143 cm³/mol. The topological polar surface area (TPSA) is 123 Å². The van der Waals surface area contributed by atoms with Gasteiger partial charge in [-0.15, -0.1) is 0 Å². The van der Waals surface area contributed by atoms with E-state index in [0.717, 1.165) is 46.2 Å². The monoisotopic (exact) mass is 476 g/mol. The molecule has 0 aliphatic heterocycles.